The van der Waals surface area contributed by atoms with Crippen molar-refractivity contribution in [2.75, 3.05) is 0 Å². The monoisotopic (exact) mass is 267 g/mol. The van der Waals surface area contributed by atoms with Gasteiger partial charge in [-0.3, -0.25) is 4.90 Å². The summed E-state index contributed by atoms with van der Waals surface area (Å²) in [5.74, 6) is -0.930. The van der Waals surface area contributed by atoms with Crippen molar-refractivity contribution in [1.29, 1.82) is 0 Å². The summed E-state index contributed by atoms with van der Waals surface area (Å²) in [5, 5.41) is 9.27. The van der Waals surface area contributed by atoms with Crippen LogP contribution in [0.2, 0.25) is 0 Å². The zero-order valence-corrected chi connectivity index (χ0v) is 11.7. The number of allylic oxidation sites excluding steroid dienone is 1. The Balaban J connectivity index is 2.23. The Kier molecular flexibility index (Phi) is 3.56. The molecular formula is C14H21NO4. The maximum absolute atomic E-state index is 12.3. The van der Waals surface area contributed by atoms with E-state index in [1.165, 1.54) is 0 Å². The Bertz CT molecular complexity index is 422. The number of carboxylic acids is 1. The van der Waals surface area contributed by atoms with E-state index in [0.717, 1.165) is 12.8 Å². The molecule has 5 nitrogen and oxygen atoms in total. The molecule has 2 atom stereocenters. The van der Waals surface area contributed by atoms with E-state index in [1.54, 1.807) is 11.0 Å². The van der Waals surface area contributed by atoms with Crippen molar-refractivity contribution in [3.8, 4) is 0 Å². The molecule has 1 fully saturated rings. The molecule has 106 valence electrons. The third-order valence-corrected chi connectivity index (χ3v) is 3.58. The van der Waals surface area contributed by atoms with Gasteiger partial charge in [-0.25, -0.2) is 9.59 Å². The fraction of sp³-hybridized carbons (Fsp3) is 0.714. The van der Waals surface area contributed by atoms with Crippen LogP contribution in [0.1, 0.15) is 46.5 Å². The highest BCUT2D eigenvalue weighted by atomic mass is 16.6. The summed E-state index contributed by atoms with van der Waals surface area (Å²) < 4.78 is 5.41. The summed E-state index contributed by atoms with van der Waals surface area (Å²) in [6.07, 6.45) is 4.45. The smallest absolute Gasteiger partial charge is 0.411 e. The number of fused-ring (bicyclic) bond motifs is 2. The number of amides is 1. The van der Waals surface area contributed by atoms with Crippen LogP contribution >= 0.6 is 0 Å². The molecule has 0 radical (unpaired) electrons. The van der Waals surface area contributed by atoms with Crippen LogP contribution in [0.4, 0.5) is 4.79 Å². The number of hydrogen-bond acceptors (Lipinski definition) is 3. The molecule has 2 aliphatic heterocycles. The number of carbonyl (C=O) groups is 2. The summed E-state index contributed by atoms with van der Waals surface area (Å²) in [4.78, 5) is 25.2. The van der Waals surface area contributed by atoms with Crippen LogP contribution in [0.3, 0.4) is 0 Å². The summed E-state index contributed by atoms with van der Waals surface area (Å²) in [6, 6.07) is -0.229. The van der Waals surface area contributed by atoms with Gasteiger partial charge in [0.05, 0.1) is 11.6 Å². The highest BCUT2D eigenvalue weighted by molar-refractivity contribution is 5.89. The van der Waals surface area contributed by atoms with Crippen molar-refractivity contribution in [2.45, 2.75) is 64.1 Å². The highest BCUT2D eigenvalue weighted by Crippen LogP contribution is 2.35. The van der Waals surface area contributed by atoms with E-state index >= 15 is 0 Å². The molecule has 1 N–H and O–H groups in total. The summed E-state index contributed by atoms with van der Waals surface area (Å²) in [5.41, 5.74) is -0.221. The number of aliphatic carboxylic acids is 1. The van der Waals surface area contributed by atoms with Gasteiger partial charge in [-0.2, -0.15) is 0 Å². The minimum Gasteiger partial charge on any atom is -0.478 e. The van der Waals surface area contributed by atoms with Crippen molar-refractivity contribution in [3.05, 3.63) is 11.6 Å². The molecule has 2 rings (SSSR count). The third-order valence-electron chi connectivity index (χ3n) is 3.58. The molecule has 0 spiro atoms. The van der Waals surface area contributed by atoms with Crippen molar-refractivity contribution in [3.63, 3.8) is 0 Å². The molecule has 0 aromatic heterocycles. The average Bonchev–Trinajstić information content (AvgIpc) is 2.51. The standard InChI is InChI=1S/C14H21NO4/c1-14(2,3)19-13(18)15-9-5-4-6-10(12(16)17)11(15)8-7-9/h6,9,11H,4-5,7-8H2,1-3H3,(H,16,17)/t9?,11-/m1/s1. The van der Waals surface area contributed by atoms with Crippen LogP contribution in [0.15, 0.2) is 11.6 Å². The average molecular weight is 267 g/mol. The summed E-state index contributed by atoms with van der Waals surface area (Å²) >= 11 is 0. The van der Waals surface area contributed by atoms with Gasteiger partial charge in [0.1, 0.15) is 5.60 Å². The van der Waals surface area contributed by atoms with Gasteiger partial charge in [0.15, 0.2) is 0 Å². The van der Waals surface area contributed by atoms with Gasteiger partial charge >= 0.3 is 12.1 Å². The molecule has 19 heavy (non-hydrogen) atoms. The fourth-order valence-corrected chi connectivity index (χ4v) is 2.86. The van der Waals surface area contributed by atoms with Crippen LogP contribution < -0.4 is 0 Å². The molecule has 0 aromatic carbocycles. The summed E-state index contributed by atoms with van der Waals surface area (Å²) in [6.45, 7) is 5.45. The number of hydrogen-bond donors (Lipinski definition) is 1. The van der Waals surface area contributed by atoms with Crippen LogP contribution in [-0.2, 0) is 9.53 Å². The molecule has 2 bridgehead atoms. The number of carbonyl (C=O) groups excluding carboxylic acids is 1. The minimum atomic E-state index is -0.930. The van der Waals surface area contributed by atoms with E-state index in [0.29, 0.717) is 18.4 Å². The molecule has 1 saturated heterocycles. The molecule has 2 aliphatic rings. The Labute approximate surface area is 113 Å². The first-order valence-electron chi connectivity index (χ1n) is 6.74. The van der Waals surface area contributed by atoms with E-state index in [9.17, 15) is 14.7 Å². The minimum absolute atomic E-state index is 0.105. The first-order chi connectivity index (χ1) is 8.79. The Hall–Kier alpha value is -1.52. The van der Waals surface area contributed by atoms with Crippen molar-refractivity contribution in [1.82, 2.24) is 4.90 Å². The maximum Gasteiger partial charge on any atom is 0.411 e. The van der Waals surface area contributed by atoms with Crippen LogP contribution in [0, 0.1) is 0 Å². The van der Waals surface area contributed by atoms with Gasteiger partial charge in [0.2, 0.25) is 0 Å². The van der Waals surface area contributed by atoms with Crippen LogP contribution in [0.5, 0.6) is 0 Å². The molecule has 0 aliphatic carbocycles. The van der Waals surface area contributed by atoms with Gasteiger partial charge in [-0.15, -0.1) is 0 Å². The van der Waals surface area contributed by atoms with Gasteiger partial charge in [-0.05, 0) is 46.5 Å². The first-order valence-corrected chi connectivity index (χ1v) is 6.74. The second kappa shape index (κ2) is 4.87. The number of rotatable bonds is 1. The van der Waals surface area contributed by atoms with Gasteiger partial charge < -0.3 is 9.84 Å². The SMILES string of the molecule is CC(C)(C)OC(=O)N1C2CCC=C(C(=O)O)[C@H]1CC2. The first kappa shape index (κ1) is 13.9. The Morgan fingerprint density at radius 1 is 1.32 bits per heavy atom. The molecule has 0 aromatic rings. The normalized spacial score (nSPS) is 26.7. The Morgan fingerprint density at radius 2 is 2.00 bits per heavy atom. The predicted octanol–water partition coefficient (Wildman–Crippen LogP) is 2.56. The number of ether oxygens (including phenoxy) is 1. The van der Waals surface area contributed by atoms with Gasteiger partial charge in [0, 0.05) is 6.04 Å². The highest BCUT2D eigenvalue weighted by Gasteiger charge is 2.43. The molecule has 2 heterocycles. The van der Waals surface area contributed by atoms with Crippen molar-refractivity contribution < 1.29 is 19.4 Å². The molecular weight excluding hydrogens is 246 g/mol. The lowest BCUT2D eigenvalue weighted by Gasteiger charge is -2.31. The van der Waals surface area contributed by atoms with Crippen LogP contribution in [0.25, 0.3) is 0 Å². The maximum atomic E-state index is 12.3. The summed E-state index contributed by atoms with van der Waals surface area (Å²) in [7, 11) is 0. The van der Waals surface area contributed by atoms with Crippen LogP contribution in [-0.4, -0.2) is 39.8 Å². The topological polar surface area (TPSA) is 66.8 Å². The van der Waals surface area contributed by atoms with Crippen molar-refractivity contribution >= 4 is 12.1 Å². The van der Waals surface area contributed by atoms with Gasteiger partial charge in [0.25, 0.3) is 0 Å². The van der Waals surface area contributed by atoms with E-state index in [2.05, 4.69) is 0 Å². The molecule has 5 heteroatoms. The van der Waals surface area contributed by atoms with E-state index in [-0.39, 0.29) is 12.1 Å². The van der Waals surface area contributed by atoms with E-state index < -0.39 is 17.7 Å². The predicted molar refractivity (Wildman–Crippen MR) is 69.8 cm³/mol. The zero-order valence-electron chi connectivity index (χ0n) is 11.7. The fourth-order valence-electron chi connectivity index (χ4n) is 2.86. The second-order valence-corrected chi connectivity index (χ2v) is 6.18. The van der Waals surface area contributed by atoms with E-state index in [4.69, 9.17) is 4.74 Å². The van der Waals surface area contributed by atoms with Crippen molar-refractivity contribution in [2.24, 2.45) is 0 Å². The largest absolute Gasteiger partial charge is 0.478 e. The zero-order chi connectivity index (χ0) is 14.2. The lowest BCUT2D eigenvalue weighted by atomic mass is 10.00. The third kappa shape index (κ3) is 2.91. The molecule has 0 saturated carbocycles. The molecule has 1 unspecified atom stereocenters. The lowest BCUT2D eigenvalue weighted by Crippen LogP contribution is -2.45. The van der Waals surface area contributed by atoms with Gasteiger partial charge in [-0.1, -0.05) is 6.08 Å². The number of carboxylic acid groups (broad SMARTS) is 1. The molecule has 1 amide bonds. The quantitative estimate of drug-likeness (QED) is 0.793. The lowest BCUT2D eigenvalue weighted by molar-refractivity contribution is -0.133. The van der Waals surface area contributed by atoms with E-state index in [1.807, 2.05) is 20.8 Å². The Morgan fingerprint density at radius 3 is 2.58 bits per heavy atom. The number of nitrogens with zero attached hydrogens (tertiary/aromatic N) is 1. The second-order valence-electron chi connectivity index (χ2n) is 6.18.